The number of carbonyl (C=O) groups is 1. The van der Waals surface area contributed by atoms with Crippen LogP contribution in [0, 0.1) is 6.92 Å². The fourth-order valence-corrected chi connectivity index (χ4v) is 3.66. The summed E-state index contributed by atoms with van der Waals surface area (Å²) in [6.07, 6.45) is 1.34. The number of hydrogen-bond acceptors (Lipinski definition) is 5. The summed E-state index contributed by atoms with van der Waals surface area (Å²) in [5, 5.41) is 16.7. The van der Waals surface area contributed by atoms with E-state index in [4.69, 9.17) is 9.26 Å². The van der Waals surface area contributed by atoms with E-state index >= 15 is 0 Å². The zero-order valence-corrected chi connectivity index (χ0v) is 17.1. The van der Waals surface area contributed by atoms with E-state index < -0.39 is 6.09 Å². The lowest BCUT2D eigenvalue weighted by Crippen LogP contribution is -2.14. The zero-order valence-electron chi connectivity index (χ0n) is 17.1. The number of benzene rings is 2. The molecule has 2 N–H and O–H groups in total. The number of aliphatic hydroxyl groups is 1. The Balaban J connectivity index is 1.56. The minimum Gasteiger partial charge on any atom is -0.512 e. The number of anilines is 1. The summed E-state index contributed by atoms with van der Waals surface area (Å²) in [5.74, 6) is 0.756. The fraction of sp³-hybridized carbons (Fsp3) is 0.250. The third kappa shape index (κ3) is 3.56. The van der Waals surface area contributed by atoms with Crippen LogP contribution in [0.5, 0.6) is 0 Å². The molecule has 1 aliphatic carbocycles. The van der Waals surface area contributed by atoms with E-state index in [2.05, 4.69) is 41.3 Å². The molecule has 1 aliphatic rings. The average molecular weight is 404 g/mol. The number of aromatic nitrogens is 1. The van der Waals surface area contributed by atoms with Crippen molar-refractivity contribution in [2.75, 3.05) is 11.9 Å². The van der Waals surface area contributed by atoms with Gasteiger partial charge in [0.1, 0.15) is 11.4 Å². The lowest BCUT2D eigenvalue weighted by atomic mass is 9.92. The van der Waals surface area contributed by atoms with Crippen LogP contribution in [0.1, 0.15) is 31.1 Å². The summed E-state index contributed by atoms with van der Waals surface area (Å²) in [7, 11) is 0. The third-order valence-corrected chi connectivity index (χ3v) is 5.60. The van der Waals surface area contributed by atoms with Gasteiger partial charge in [-0.1, -0.05) is 60.3 Å². The molecule has 0 bridgehead atoms. The molecular formula is C24H24N2O4. The lowest BCUT2D eigenvalue weighted by Gasteiger charge is -2.14. The highest BCUT2D eigenvalue weighted by Gasteiger charge is 2.47. The van der Waals surface area contributed by atoms with Gasteiger partial charge in [0, 0.05) is 5.56 Å². The van der Waals surface area contributed by atoms with E-state index in [0.717, 1.165) is 35.1 Å². The van der Waals surface area contributed by atoms with Crippen LogP contribution in [0.25, 0.3) is 22.4 Å². The maximum atomic E-state index is 11.8. The summed E-state index contributed by atoms with van der Waals surface area (Å²) in [5.41, 5.74) is 4.86. The van der Waals surface area contributed by atoms with Crippen LogP contribution >= 0.6 is 0 Å². The molecule has 154 valence electrons. The van der Waals surface area contributed by atoms with Crippen molar-refractivity contribution in [3.05, 3.63) is 72.2 Å². The largest absolute Gasteiger partial charge is 0.512 e. The second-order valence-electron chi connectivity index (χ2n) is 7.49. The number of carbonyl (C=O) groups excluding carboxylic acids is 1. The molecule has 1 fully saturated rings. The number of allylic oxidation sites excluding steroid dienone is 1. The summed E-state index contributed by atoms with van der Waals surface area (Å²) in [6, 6.07) is 16.1. The highest BCUT2D eigenvalue weighted by molar-refractivity contribution is 5.91. The van der Waals surface area contributed by atoms with Gasteiger partial charge in [0.05, 0.1) is 17.8 Å². The summed E-state index contributed by atoms with van der Waals surface area (Å²) in [4.78, 5) is 11.8. The van der Waals surface area contributed by atoms with Crippen LogP contribution in [0.15, 0.2) is 65.4 Å². The maximum absolute atomic E-state index is 11.8. The quantitative estimate of drug-likeness (QED) is 0.493. The van der Waals surface area contributed by atoms with Crippen LogP contribution in [0.2, 0.25) is 0 Å². The number of aliphatic hydroxyl groups excluding tert-OH is 1. The molecule has 30 heavy (non-hydrogen) atoms. The minimum atomic E-state index is -0.541. The second-order valence-corrected chi connectivity index (χ2v) is 7.49. The van der Waals surface area contributed by atoms with E-state index in [9.17, 15) is 9.90 Å². The smallest absolute Gasteiger partial charge is 0.411 e. The van der Waals surface area contributed by atoms with Crippen LogP contribution in [0.3, 0.4) is 0 Å². The Labute approximate surface area is 175 Å². The summed E-state index contributed by atoms with van der Waals surface area (Å²) >= 11 is 0. The standard InChI is InChI=1S/C24H24N2O4/c1-4-29-23(28)25-21-15(2)30-26-22(21)19-7-5-17(6-8-19)18-9-11-20(12-10-18)24(13-14-24)16(3)27/h5-12,27H,3-4,13-14H2,1-2H3,(H,25,28). The Kier molecular flexibility index (Phi) is 5.08. The molecule has 0 aliphatic heterocycles. The Hall–Kier alpha value is -3.54. The first kappa shape index (κ1) is 19.8. The van der Waals surface area contributed by atoms with Gasteiger partial charge in [-0.2, -0.15) is 0 Å². The predicted molar refractivity (Wildman–Crippen MR) is 115 cm³/mol. The fourth-order valence-electron chi connectivity index (χ4n) is 3.66. The number of nitrogens with zero attached hydrogens (tertiary/aromatic N) is 1. The number of nitrogens with one attached hydrogen (secondary N) is 1. The average Bonchev–Trinajstić information content (AvgIpc) is 3.49. The summed E-state index contributed by atoms with van der Waals surface area (Å²) < 4.78 is 10.2. The van der Waals surface area contributed by atoms with Gasteiger partial charge in [0.15, 0.2) is 5.76 Å². The van der Waals surface area contributed by atoms with Gasteiger partial charge >= 0.3 is 6.09 Å². The Morgan fingerprint density at radius 3 is 2.23 bits per heavy atom. The molecule has 2 aromatic carbocycles. The molecule has 1 aromatic heterocycles. The molecule has 0 atom stereocenters. The van der Waals surface area contributed by atoms with Crippen molar-refractivity contribution < 1.29 is 19.2 Å². The van der Waals surface area contributed by atoms with Crippen LogP contribution < -0.4 is 5.32 Å². The van der Waals surface area contributed by atoms with Crippen LogP contribution in [0.4, 0.5) is 10.5 Å². The first-order valence-electron chi connectivity index (χ1n) is 9.94. The molecule has 4 rings (SSSR count). The third-order valence-electron chi connectivity index (χ3n) is 5.60. The van der Waals surface area contributed by atoms with E-state index in [1.54, 1.807) is 13.8 Å². The molecule has 3 aromatic rings. The van der Waals surface area contributed by atoms with Crippen molar-refractivity contribution >= 4 is 11.8 Å². The van der Waals surface area contributed by atoms with Crippen molar-refractivity contribution in [3.63, 3.8) is 0 Å². The predicted octanol–water partition coefficient (Wildman–Crippen LogP) is 5.99. The number of ether oxygens (including phenoxy) is 1. The zero-order chi connectivity index (χ0) is 21.3. The van der Waals surface area contributed by atoms with E-state index in [1.165, 1.54) is 0 Å². The molecule has 1 saturated carbocycles. The van der Waals surface area contributed by atoms with Crippen molar-refractivity contribution in [2.45, 2.75) is 32.1 Å². The highest BCUT2D eigenvalue weighted by atomic mass is 16.5. The molecule has 6 heteroatoms. The number of hydrogen-bond donors (Lipinski definition) is 2. The molecule has 0 spiro atoms. The van der Waals surface area contributed by atoms with E-state index in [0.29, 0.717) is 17.1 Å². The molecule has 0 radical (unpaired) electrons. The lowest BCUT2D eigenvalue weighted by molar-refractivity contribution is 0.168. The van der Waals surface area contributed by atoms with Gasteiger partial charge in [0.25, 0.3) is 0 Å². The Morgan fingerprint density at radius 1 is 1.13 bits per heavy atom. The molecule has 0 saturated heterocycles. The Morgan fingerprint density at radius 2 is 1.70 bits per heavy atom. The van der Waals surface area contributed by atoms with Gasteiger partial charge in [-0.05, 0) is 43.4 Å². The van der Waals surface area contributed by atoms with Gasteiger partial charge in [0.2, 0.25) is 0 Å². The molecule has 0 unspecified atom stereocenters. The van der Waals surface area contributed by atoms with E-state index in [1.807, 2.05) is 24.3 Å². The molecule has 6 nitrogen and oxygen atoms in total. The van der Waals surface area contributed by atoms with Crippen molar-refractivity contribution in [1.82, 2.24) is 5.16 Å². The summed E-state index contributed by atoms with van der Waals surface area (Å²) in [6.45, 7) is 7.50. The highest BCUT2D eigenvalue weighted by Crippen LogP contribution is 2.52. The van der Waals surface area contributed by atoms with Gasteiger partial charge in [-0.3, -0.25) is 5.32 Å². The van der Waals surface area contributed by atoms with Crippen LogP contribution in [-0.4, -0.2) is 23.0 Å². The van der Waals surface area contributed by atoms with Gasteiger partial charge in [-0.25, -0.2) is 4.79 Å². The van der Waals surface area contributed by atoms with E-state index in [-0.39, 0.29) is 17.8 Å². The molecular weight excluding hydrogens is 380 g/mol. The normalized spacial score (nSPS) is 14.2. The Bertz CT molecular complexity index is 1080. The topological polar surface area (TPSA) is 84.6 Å². The number of amides is 1. The first-order valence-corrected chi connectivity index (χ1v) is 9.94. The number of rotatable bonds is 6. The van der Waals surface area contributed by atoms with Crippen molar-refractivity contribution in [1.29, 1.82) is 0 Å². The van der Waals surface area contributed by atoms with Gasteiger partial charge in [-0.15, -0.1) is 0 Å². The second kappa shape index (κ2) is 7.71. The first-order chi connectivity index (χ1) is 14.4. The van der Waals surface area contributed by atoms with Crippen LogP contribution in [-0.2, 0) is 10.2 Å². The SMILES string of the molecule is C=C(O)C1(c2ccc(-c3ccc(-c4noc(C)c4NC(=O)OCC)cc3)cc2)CC1. The molecule has 1 amide bonds. The van der Waals surface area contributed by atoms with Gasteiger partial charge < -0.3 is 14.4 Å². The minimum absolute atomic E-state index is 0.245. The number of aryl methyl sites for hydroxylation is 1. The van der Waals surface area contributed by atoms with Crippen molar-refractivity contribution in [2.24, 2.45) is 0 Å². The monoisotopic (exact) mass is 404 g/mol. The van der Waals surface area contributed by atoms with Crippen molar-refractivity contribution in [3.8, 4) is 22.4 Å². The molecule has 1 heterocycles. The maximum Gasteiger partial charge on any atom is 0.411 e.